The van der Waals surface area contributed by atoms with Crippen LogP contribution < -0.4 is 0 Å². The van der Waals surface area contributed by atoms with Crippen LogP contribution in [0.3, 0.4) is 0 Å². The van der Waals surface area contributed by atoms with Gasteiger partial charge in [0.2, 0.25) is 0 Å². The van der Waals surface area contributed by atoms with Crippen LogP contribution in [0.4, 0.5) is 0 Å². The molecule has 1 aliphatic heterocycles. The van der Waals surface area contributed by atoms with Gasteiger partial charge in [-0.25, -0.2) is 0 Å². The Labute approximate surface area is 97.9 Å². The van der Waals surface area contributed by atoms with Crippen LogP contribution in [0, 0.1) is 0 Å². The molecule has 1 fully saturated rings. The summed E-state index contributed by atoms with van der Waals surface area (Å²) in [6.45, 7) is 7.11. The molecule has 2 nitrogen and oxygen atoms in total. The summed E-state index contributed by atoms with van der Waals surface area (Å²) in [7, 11) is 0. The third-order valence-corrected chi connectivity index (χ3v) is 3.66. The van der Waals surface area contributed by atoms with Gasteiger partial charge in [0.15, 0.2) is 0 Å². The zero-order valence-corrected chi connectivity index (χ0v) is 10.4. The van der Waals surface area contributed by atoms with E-state index < -0.39 is 5.60 Å². The van der Waals surface area contributed by atoms with Gasteiger partial charge in [-0.15, -0.1) is 0 Å². The SMILES string of the molecule is C[C@H](c1ccccc1)N1CC[C@H]1C(C)(C)O. The van der Waals surface area contributed by atoms with Crippen molar-refractivity contribution in [3.63, 3.8) is 0 Å². The molecule has 0 spiro atoms. The fourth-order valence-corrected chi connectivity index (χ4v) is 2.55. The van der Waals surface area contributed by atoms with Crippen LogP contribution >= 0.6 is 0 Å². The lowest BCUT2D eigenvalue weighted by Gasteiger charge is -2.50. The molecule has 1 aliphatic rings. The maximum absolute atomic E-state index is 10.1. The smallest absolute Gasteiger partial charge is 0.0746 e. The van der Waals surface area contributed by atoms with Gasteiger partial charge >= 0.3 is 0 Å². The molecule has 0 bridgehead atoms. The van der Waals surface area contributed by atoms with Crippen molar-refractivity contribution in [2.75, 3.05) is 6.54 Å². The first-order valence-corrected chi connectivity index (χ1v) is 6.03. The van der Waals surface area contributed by atoms with Crippen LogP contribution in [0.1, 0.15) is 38.8 Å². The Morgan fingerprint density at radius 2 is 1.94 bits per heavy atom. The molecule has 0 aliphatic carbocycles. The molecule has 0 aromatic heterocycles. The fraction of sp³-hybridized carbons (Fsp3) is 0.571. The van der Waals surface area contributed by atoms with E-state index in [9.17, 15) is 5.11 Å². The van der Waals surface area contributed by atoms with E-state index >= 15 is 0 Å². The first-order chi connectivity index (χ1) is 7.50. The number of likely N-dealkylation sites (tertiary alicyclic amines) is 1. The van der Waals surface area contributed by atoms with E-state index in [0.29, 0.717) is 12.1 Å². The minimum atomic E-state index is -0.596. The number of aliphatic hydroxyl groups is 1. The maximum Gasteiger partial charge on any atom is 0.0746 e. The third-order valence-electron chi connectivity index (χ3n) is 3.66. The van der Waals surface area contributed by atoms with Crippen LogP contribution in [-0.4, -0.2) is 28.2 Å². The molecule has 2 rings (SSSR count). The molecule has 2 atom stereocenters. The van der Waals surface area contributed by atoms with E-state index in [0.717, 1.165) is 13.0 Å². The standard InChI is InChI=1S/C14H21NO/c1-11(12-7-5-4-6-8-12)15-10-9-13(15)14(2,3)16/h4-8,11,13,16H,9-10H2,1-3H3/t11-,13+/m1/s1. The van der Waals surface area contributed by atoms with Crippen molar-refractivity contribution in [3.8, 4) is 0 Å². The lowest BCUT2D eigenvalue weighted by molar-refractivity contribution is -0.0871. The number of hydrogen-bond donors (Lipinski definition) is 1. The predicted octanol–water partition coefficient (Wildman–Crippen LogP) is 2.59. The van der Waals surface area contributed by atoms with Gasteiger partial charge in [-0.1, -0.05) is 30.3 Å². The first-order valence-electron chi connectivity index (χ1n) is 6.03. The monoisotopic (exact) mass is 219 g/mol. The van der Waals surface area contributed by atoms with Gasteiger partial charge in [-0.2, -0.15) is 0 Å². The van der Waals surface area contributed by atoms with Crippen molar-refractivity contribution in [2.24, 2.45) is 0 Å². The number of nitrogens with zero attached hydrogens (tertiary/aromatic N) is 1. The lowest BCUT2D eigenvalue weighted by atomic mass is 9.85. The minimum Gasteiger partial charge on any atom is -0.389 e. The third kappa shape index (κ3) is 2.13. The van der Waals surface area contributed by atoms with Crippen LogP contribution in [-0.2, 0) is 0 Å². The quantitative estimate of drug-likeness (QED) is 0.844. The molecule has 1 aromatic carbocycles. The van der Waals surface area contributed by atoms with E-state index in [1.165, 1.54) is 5.56 Å². The second-order valence-electron chi connectivity index (χ2n) is 5.28. The van der Waals surface area contributed by atoms with Crippen molar-refractivity contribution >= 4 is 0 Å². The second kappa shape index (κ2) is 4.19. The summed E-state index contributed by atoms with van der Waals surface area (Å²) in [5.41, 5.74) is 0.734. The zero-order valence-electron chi connectivity index (χ0n) is 10.4. The van der Waals surface area contributed by atoms with Gasteiger partial charge in [0.05, 0.1) is 5.60 Å². The average Bonchev–Trinajstić information content (AvgIpc) is 2.14. The van der Waals surface area contributed by atoms with Gasteiger partial charge in [-0.3, -0.25) is 4.90 Å². The zero-order chi connectivity index (χ0) is 11.8. The highest BCUT2D eigenvalue weighted by atomic mass is 16.3. The van der Waals surface area contributed by atoms with Gasteiger partial charge in [0.25, 0.3) is 0 Å². The van der Waals surface area contributed by atoms with Gasteiger partial charge in [0.1, 0.15) is 0 Å². The summed E-state index contributed by atoms with van der Waals surface area (Å²) in [6, 6.07) is 11.2. The summed E-state index contributed by atoms with van der Waals surface area (Å²) in [6.07, 6.45) is 1.10. The summed E-state index contributed by atoms with van der Waals surface area (Å²) in [4.78, 5) is 2.38. The molecular weight excluding hydrogens is 198 g/mol. The minimum absolute atomic E-state index is 0.294. The molecule has 88 valence electrons. The van der Waals surface area contributed by atoms with Gasteiger partial charge in [0, 0.05) is 18.6 Å². The largest absolute Gasteiger partial charge is 0.389 e. The highest BCUT2D eigenvalue weighted by Gasteiger charge is 2.41. The number of rotatable bonds is 3. The Morgan fingerprint density at radius 3 is 2.38 bits per heavy atom. The highest BCUT2D eigenvalue weighted by molar-refractivity contribution is 5.19. The molecule has 0 amide bonds. The Hall–Kier alpha value is -0.860. The van der Waals surface area contributed by atoms with Crippen LogP contribution in [0.5, 0.6) is 0 Å². The molecule has 1 N–H and O–H groups in total. The molecule has 0 unspecified atom stereocenters. The molecule has 2 heteroatoms. The predicted molar refractivity (Wildman–Crippen MR) is 66.3 cm³/mol. The first kappa shape index (κ1) is 11.6. The lowest BCUT2D eigenvalue weighted by Crippen LogP contribution is -2.59. The van der Waals surface area contributed by atoms with E-state index in [1.54, 1.807) is 0 Å². The summed E-state index contributed by atoms with van der Waals surface area (Å²) >= 11 is 0. The van der Waals surface area contributed by atoms with Crippen LogP contribution in [0.2, 0.25) is 0 Å². The molecule has 16 heavy (non-hydrogen) atoms. The van der Waals surface area contributed by atoms with E-state index in [4.69, 9.17) is 0 Å². The van der Waals surface area contributed by atoms with Crippen LogP contribution in [0.25, 0.3) is 0 Å². The second-order valence-corrected chi connectivity index (χ2v) is 5.28. The van der Waals surface area contributed by atoms with Crippen molar-refractivity contribution in [2.45, 2.75) is 44.9 Å². The molecule has 0 radical (unpaired) electrons. The number of benzene rings is 1. The normalized spacial score (nSPS) is 23.9. The van der Waals surface area contributed by atoms with E-state index in [1.807, 2.05) is 19.9 Å². The van der Waals surface area contributed by atoms with Gasteiger partial charge in [-0.05, 0) is 32.8 Å². The maximum atomic E-state index is 10.1. The fourth-order valence-electron chi connectivity index (χ4n) is 2.55. The van der Waals surface area contributed by atoms with Crippen molar-refractivity contribution < 1.29 is 5.11 Å². The molecule has 1 aromatic rings. The Balaban J connectivity index is 2.09. The van der Waals surface area contributed by atoms with Crippen molar-refractivity contribution in [3.05, 3.63) is 35.9 Å². The Morgan fingerprint density at radius 1 is 1.31 bits per heavy atom. The molecule has 1 saturated heterocycles. The molecule has 0 saturated carbocycles. The van der Waals surface area contributed by atoms with Crippen molar-refractivity contribution in [1.29, 1.82) is 0 Å². The average molecular weight is 219 g/mol. The summed E-state index contributed by atoms with van der Waals surface area (Å²) in [5.74, 6) is 0. The molecular formula is C14H21NO. The summed E-state index contributed by atoms with van der Waals surface area (Å²) in [5, 5.41) is 10.1. The number of hydrogen-bond acceptors (Lipinski definition) is 2. The summed E-state index contributed by atoms with van der Waals surface area (Å²) < 4.78 is 0. The van der Waals surface area contributed by atoms with Crippen molar-refractivity contribution in [1.82, 2.24) is 4.90 Å². The Kier molecular flexibility index (Phi) is 3.04. The highest BCUT2D eigenvalue weighted by Crippen LogP contribution is 2.35. The van der Waals surface area contributed by atoms with Gasteiger partial charge < -0.3 is 5.11 Å². The Bertz CT molecular complexity index is 342. The van der Waals surface area contributed by atoms with Crippen LogP contribution in [0.15, 0.2) is 30.3 Å². The topological polar surface area (TPSA) is 23.5 Å². The van der Waals surface area contributed by atoms with E-state index in [2.05, 4.69) is 36.1 Å². The molecule has 1 heterocycles. The van der Waals surface area contributed by atoms with E-state index in [-0.39, 0.29) is 0 Å².